The Hall–Kier alpha value is -1.00. The lowest BCUT2D eigenvalue weighted by Gasteiger charge is -1.82. The fraction of sp³-hybridized carbons (Fsp3) is 0. The molecule has 2 aromatic heterocycles. The molecule has 2 rings (SSSR count). The summed E-state index contributed by atoms with van der Waals surface area (Å²) in [5.74, 6) is 1.16. The molecule has 0 aliphatic carbocycles. The molecule has 2 aromatic rings. The molecule has 0 saturated carbocycles. The van der Waals surface area contributed by atoms with E-state index in [-0.39, 0.29) is 12.4 Å². The summed E-state index contributed by atoms with van der Waals surface area (Å²) in [6, 6.07) is 5.63. The van der Waals surface area contributed by atoms with Crippen molar-refractivity contribution in [3.05, 3.63) is 23.6 Å². The molecular weight excluding hydrogens is 196 g/mol. The van der Waals surface area contributed by atoms with E-state index in [0.717, 1.165) is 10.6 Å². The number of aromatic nitrogens is 1. The molecule has 2 heterocycles. The molecular formula is C7H7ClN2OS. The quantitative estimate of drug-likeness (QED) is 0.773. The predicted octanol–water partition coefficient (Wildman–Crippen LogP) is 2.41. The summed E-state index contributed by atoms with van der Waals surface area (Å²) in [7, 11) is 0. The van der Waals surface area contributed by atoms with Crippen molar-refractivity contribution < 1.29 is 4.52 Å². The van der Waals surface area contributed by atoms with Crippen molar-refractivity contribution in [2.24, 2.45) is 0 Å². The molecule has 5 heteroatoms. The fourth-order valence-corrected chi connectivity index (χ4v) is 1.50. The molecule has 0 amide bonds. The first-order chi connectivity index (χ1) is 5.36. The first-order valence-corrected chi connectivity index (χ1v) is 4.00. The van der Waals surface area contributed by atoms with Gasteiger partial charge in [-0.3, -0.25) is 0 Å². The van der Waals surface area contributed by atoms with Crippen LogP contribution < -0.4 is 5.73 Å². The van der Waals surface area contributed by atoms with Crippen LogP contribution in [0.1, 0.15) is 0 Å². The zero-order chi connectivity index (χ0) is 7.68. The largest absolute Gasteiger partial charge is 0.381 e. The van der Waals surface area contributed by atoms with Crippen molar-refractivity contribution in [2.45, 2.75) is 0 Å². The summed E-state index contributed by atoms with van der Waals surface area (Å²) in [5, 5.41) is 5.56. The van der Waals surface area contributed by atoms with Gasteiger partial charge in [0, 0.05) is 6.07 Å². The number of hydrogen-bond acceptors (Lipinski definition) is 4. The summed E-state index contributed by atoms with van der Waals surface area (Å²) in [6.07, 6.45) is 0. The van der Waals surface area contributed by atoms with Crippen molar-refractivity contribution in [3.8, 4) is 10.6 Å². The Kier molecular flexibility index (Phi) is 2.73. The van der Waals surface area contributed by atoms with Gasteiger partial charge >= 0.3 is 0 Å². The molecule has 0 aromatic carbocycles. The van der Waals surface area contributed by atoms with Gasteiger partial charge in [-0.25, -0.2) is 0 Å². The molecule has 2 N–H and O–H groups in total. The van der Waals surface area contributed by atoms with Crippen LogP contribution >= 0.6 is 23.7 Å². The topological polar surface area (TPSA) is 52.0 Å². The monoisotopic (exact) mass is 202 g/mol. The maximum absolute atomic E-state index is 5.38. The van der Waals surface area contributed by atoms with E-state index in [1.54, 1.807) is 17.4 Å². The smallest absolute Gasteiger partial charge is 0.178 e. The number of nitrogen functional groups attached to an aromatic ring is 1. The molecule has 0 radical (unpaired) electrons. The van der Waals surface area contributed by atoms with Gasteiger partial charge in [-0.05, 0) is 11.4 Å². The molecule has 64 valence electrons. The van der Waals surface area contributed by atoms with E-state index in [4.69, 9.17) is 10.3 Å². The second-order valence-electron chi connectivity index (χ2n) is 2.09. The van der Waals surface area contributed by atoms with Gasteiger partial charge in [0.25, 0.3) is 0 Å². The van der Waals surface area contributed by atoms with Crippen LogP contribution in [0.4, 0.5) is 5.82 Å². The number of thiophene rings is 1. The molecule has 3 nitrogen and oxygen atoms in total. The van der Waals surface area contributed by atoms with Gasteiger partial charge in [-0.2, -0.15) is 0 Å². The number of nitrogens with two attached hydrogens (primary N) is 1. The lowest BCUT2D eigenvalue weighted by atomic mass is 10.4. The normalized spacial score (nSPS) is 9.33. The lowest BCUT2D eigenvalue weighted by Crippen LogP contribution is -1.79. The van der Waals surface area contributed by atoms with E-state index < -0.39 is 0 Å². The molecule has 0 aliphatic heterocycles. The van der Waals surface area contributed by atoms with Crippen molar-refractivity contribution in [1.29, 1.82) is 0 Å². The van der Waals surface area contributed by atoms with Gasteiger partial charge in [0.15, 0.2) is 11.6 Å². The highest BCUT2D eigenvalue weighted by molar-refractivity contribution is 7.13. The van der Waals surface area contributed by atoms with Crippen molar-refractivity contribution in [2.75, 3.05) is 5.73 Å². The van der Waals surface area contributed by atoms with E-state index in [1.165, 1.54) is 0 Å². The molecule has 12 heavy (non-hydrogen) atoms. The number of nitrogens with zero attached hydrogens (tertiary/aromatic N) is 1. The third-order valence-corrected chi connectivity index (χ3v) is 2.18. The third kappa shape index (κ3) is 1.60. The molecule has 0 spiro atoms. The van der Waals surface area contributed by atoms with Crippen LogP contribution in [-0.2, 0) is 0 Å². The first-order valence-electron chi connectivity index (χ1n) is 3.12. The lowest BCUT2D eigenvalue weighted by molar-refractivity contribution is 0.436. The minimum Gasteiger partial charge on any atom is -0.381 e. The Morgan fingerprint density at radius 1 is 1.50 bits per heavy atom. The van der Waals surface area contributed by atoms with Gasteiger partial charge in [-0.1, -0.05) is 11.2 Å². The van der Waals surface area contributed by atoms with Crippen LogP contribution in [0.25, 0.3) is 10.6 Å². The van der Waals surface area contributed by atoms with E-state index >= 15 is 0 Å². The van der Waals surface area contributed by atoms with Crippen LogP contribution in [0.5, 0.6) is 0 Å². The summed E-state index contributed by atoms with van der Waals surface area (Å²) < 4.78 is 4.94. The van der Waals surface area contributed by atoms with E-state index in [9.17, 15) is 0 Å². The number of halogens is 1. The van der Waals surface area contributed by atoms with E-state index in [0.29, 0.717) is 5.82 Å². The number of rotatable bonds is 1. The zero-order valence-electron chi connectivity index (χ0n) is 6.06. The van der Waals surface area contributed by atoms with Gasteiger partial charge in [0.05, 0.1) is 4.88 Å². The highest BCUT2D eigenvalue weighted by Crippen LogP contribution is 2.25. The minimum absolute atomic E-state index is 0. The van der Waals surface area contributed by atoms with Gasteiger partial charge in [0.2, 0.25) is 0 Å². The highest BCUT2D eigenvalue weighted by atomic mass is 35.5. The SMILES string of the molecule is Cl.Nc1cc(-c2cccs2)on1. The molecule has 0 unspecified atom stereocenters. The Labute approximate surface area is 79.6 Å². The second-order valence-corrected chi connectivity index (χ2v) is 3.04. The number of anilines is 1. The van der Waals surface area contributed by atoms with Crippen LogP contribution in [0.15, 0.2) is 28.1 Å². The Bertz CT molecular complexity index is 344. The minimum atomic E-state index is 0. The predicted molar refractivity (Wildman–Crippen MR) is 51.5 cm³/mol. The van der Waals surface area contributed by atoms with E-state index in [1.807, 2.05) is 17.5 Å². The molecule has 0 saturated heterocycles. The van der Waals surface area contributed by atoms with Gasteiger partial charge in [0.1, 0.15) is 0 Å². The molecule has 0 atom stereocenters. The highest BCUT2D eigenvalue weighted by Gasteiger charge is 2.03. The molecule has 0 fully saturated rings. The summed E-state index contributed by atoms with van der Waals surface area (Å²) in [6.45, 7) is 0. The average molecular weight is 203 g/mol. The van der Waals surface area contributed by atoms with Gasteiger partial charge in [-0.15, -0.1) is 23.7 Å². The van der Waals surface area contributed by atoms with Gasteiger partial charge < -0.3 is 10.3 Å². The average Bonchev–Trinajstić information content (AvgIpc) is 2.55. The van der Waals surface area contributed by atoms with E-state index in [2.05, 4.69) is 5.16 Å². The second kappa shape index (κ2) is 3.60. The summed E-state index contributed by atoms with van der Waals surface area (Å²) in [4.78, 5) is 1.05. The van der Waals surface area contributed by atoms with Crippen molar-refractivity contribution in [1.82, 2.24) is 5.16 Å². The van der Waals surface area contributed by atoms with Crippen LogP contribution in [0.3, 0.4) is 0 Å². The van der Waals surface area contributed by atoms with Crippen molar-refractivity contribution >= 4 is 29.6 Å². The summed E-state index contributed by atoms with van der Waals surface area (Å²) in [5.41, 5.74) is 5.38. The Morgan fingerprint density at radius 3 is 2.83 bits per heavy atom. The molecule has 0 bridgehead atoms. The standard InChI is InChI=1S/C7H6N2OS.ClH/c8-7-4-5(10-9-7)6-2-1-3-11-6;/h1-4H,(H2,8,9);1H. The Morgan fingerprint density at radius 2 is 2.33 bits per heavy atom. The molecule has 0 aliphatic rings. The first kappa shape index (κ1) is 9.09. The fourth-order valence-electron chi connectivity index (χ4n) is 0.824. The van der Waals surface area contributed by atoms with Crippen LogP contribution in [0, 0.1) is 0 Å². The third-order valence-electron chi connectivity index (χ3n) is 1.29. The summed E-state index contributed by atoms with van der Waals surface area (Å²) >= 11 is 1.60. The number of hydrogen-bond donors (Lipinski definition) is 1. The maximum Gasteiger partial charge on any atom is 0.178 e. The zero-order valence-corrected chi connectivity index (χ0v) is 7.69. The Balaban J connectivity index is 0.000000720. The van der Waals surface area contributed by atoms with Crippen molar-refractivity contribution in [3.63, 3.8) is 0 Å². The maximum atomic E-state index is 5.38. The van der Waals surface area contributed by atoms with Crippen LogP contribution in [0.2, 0.25) is 0 Å². The van der Waals surface area contributed by atoms with Crippen LogP contribution in [-0.4, -0.2) is 5.16 Å².